The minimum atomic E-state index is -0.919. The standard InChI is InChI=1S/C14H18N2O4.C6H5Br.C2H6/c1-14(2,9-17)16-13(19)15-8-10-5-4-6-11(7-10)12(18)20-3;7-6-4-2-1-3-5-6;1-2/h4-7,9H,8H2,1-3H3,(H2,15,16,19);1-5H;1-2H3. The number of carbonyl (C=O) groups is 3. The van der Waals surface area contributed by atoms with Crippen LogP contribution >= 0.6 is 15.9 Å². The SMILES string of the molecule is Brc1ccccc1.CC.COC(=O)c1cccc(CNC(=O)NC(C)(C)C=O)c1. The van der Waals surface area contributed by atoms with Crippen LogP contribution in [-0.2, 0) is 16.1 Å². The van der Waals surface area contributed by atoms with E-state index >= 15 is 0 Å². The summed E-state index contributed by atoms with van der Waals surface area (Å²) in [5, 5.41) is 5.13. The molecule has 2 aromatic carbocycles. The van der Waals surface area contributed by atoms with Gasteiger partial charge in [-0.15, -0.1) is 0 Å². The fraction of sp³-hybridized carbons (Fsp3) is 0.318. The van der Waals surface area contributed by atoms with Gasteiger partial charge >= 0.3 is 12.0 Å². The van der Waals surface area contributed by atoms with E-state index in [9.17, 15) is 14.4 Å². The van der Waals surface area contributed by atoms with E-state index in [2.05, 4.69) is 31.3 Å². The van der Waals surface area contributed by atoms with E-state index in [0.717, 1.165) is 10.0 Å². The number of methoxy groups -OCH3 is 1. The summed E-state index contributed by atoms with van der Waals surface area (Å²) in [5.74, 6) is -0.432. The number of rotatable bonds is 5. The maximum atomic E-state index is 11.6. The van der Waals surface area contributed by atoms with Gasteiger partial charge in [-0.1, -0.05) is 60.1 Å². The molecule has 0 aliphatic rings. The second-order valence-corrected chi connectivity index (χ2v) is 7.05. The van der Waals surface area contributed by atoms with Crippen LogP contribution in [0.25, 0.3) is 0 Å². The van der Waals surface area contributed by atoms with Crippen LogP contribution in [0.15, 0.2) is 59.1 Å². The van der Waals surface area contributed by atoms with E-state index in [1.807, 2.05) is 44.2 Å². The molecule has 0 spiro atoms. The summed E-state index contributed by atoms with van der Waals surface area (Å²) in [6.45, 7) is 7.43. The number of amides is 2. The summed E-state index contributed by atoms with van der Waals surface area (Å²) in [5.41, 5.74) is 0.255. The van der Waals surface area contributed by atoms with Crippen LogP contribution < -0.4 is 10.6 Å². The molecule has 2 N–H and O–H groups in total. The van der Waals surface area contributed by atoms with Crippen LogP contribution in [0.4, 0.5) is 4.79 Å². The normalized spacial score (nSPS) is 9.59. The predicted octanol–water partition coefficient (Wildman–Crippen LogP) is 4.73. The van der Waals surface area contributed by atoms with Crippen molar-refractivity contribution in [2.24, 2.45) is 0 Å². The van der Waals surface area contributed by atoms with Gasteiger partial charge in [0.15, 0.2) is 0 Å². The average Bonchev–Trinajstić information content (AvgIpc) is 2.74. The minimum Gasteiger partial charge on any atom is -0.465 e. The quantitative estimate of drug-likeness (QED) is 0.494. The third-order valence-corrected chi connectivity index (χ3v) is 3.79. The molecule has 2 rings (SSSR count). The Balaban J connectivity index is 0.000000722. The van der Waals surface area contributed by atoms with Crippen LogP contribution in [-0.4, -0.2) is 30.9 Å². The van der Waals surface area contributed by atoms with Crippen molar-refractivity contribution in [3.8, 4) is 0 Å². The Hall–Kier alpha value is -2.67. The Morgan fingerprint density at radius 2 is 1.69 bits per heavy atom. The first-order chi connectivity index (χ1) is 13.8. The highest BCUT2D eigenvalue weighted by molar-refractivity contribution is 9.10. The molecule has 0 unspecified atom stereocenters. The molecule has 6 nitrogen and oxygen atoms in total. The van der Waals surface area contributed by atoms with Crippen LogP contribution in [0.2, 0.25) is 0 Å². The monoisotopic (exact) mass is 464 g/mol. The van der Waals surface area contributed by atoms with Gasteiger partial charge in [0.25, 0.3) is 0 Å². The van der Waals surface area contributed by atoms with E-state index in [-0.39, 0.29) is 6.54 Å². The van der Waals surface area contributed by atoms with Gasteiger partial charge in [0.2, 0.25) is 0 Å². The number of aldehydes is 1. The first kappa shape index (κ1) is 26.3. The molecule has 0 bridgehead atoms. The Bertz CT molecular complexity index is 764. The van der Waals surface area contributed by atoms with E-state index in [4.69, 9.17) is 0 Å². The third-order valence-electron chi connectivity index (χ3n) is 3.26. The first-order valence-electron chi connectivity index (χ1n) is 9.17. The highest BCUT2D eigenvalue weighted by atomic mass is 79.9. The maximum Gasteiger partial charge on any atom is 0.337 e. The molecule has 0 saturated heterocycles. The van der Waals surface area contributed by atoms with Crippen molar-refractivity contribution in [2.75, 3.05) is 7.11 Å². The molecule has 0 atom stereocenters. The Kier molecular flexibility index (Phi) is 13.0. The fourth-order valence-corrected chi connectivity index (χ4v) is 2.19. The van der Waals surface area contributed by atoms with Gasteiger partial charge < -0.3 is 20.2 Å². The van der Waals surface area contributed by atoms with Crippen molar-refractivity contribution in [3.63, 3.8) is 0 Å². The van der Waals surface area contributed by atoms with Gasteiger partial charge in [0, 0.05) is 11.0 Å². The first-order valence-corrected chi connectivity index (χ1v) is 9.97. The molecular formula is C22H29BrN2O4. The maximum absolute atomic E-state index is 11.6. The van der Waals surface area contributed by atoms with Crippen molar-refractivity contribution in [3.05, 3.63) is 70.2 Å². The summed E-state index contributed by atoms with van der Waals surface area (Å²) in [7, 11) is 1.31. The number of hydrogen-bond donors (Lipinski definition) is 2. The average molecular weight is 465 g/mol. The molecule has 0 aromatic heterocycles. The van der Waals surface area contributed by atoms with Crippen molar-refractivity contribution in [2.45, 2.75) is 39.8 Å². The molecule has 7 heteroatoms. The van der Waals surface area contributed by atoms with Crippen molar-refractivity contribution in [1.29, 1.82) is 0 Å². The Morgan fingerprint density at radius 3 is 2.17 bits per heavy atom. The van der Waals surface area contributed by atoms with Gasteiger partial charge in [-0.05, 0) is 43.7 Å². The van der Waals surface area contributed by atoms with Crippen molar-refractivity contribution in [1.82, 2.24) is 10.6 Å². The minimum absolute atomic E-state index is 0.242. The molecule has 2 amide bonds. The predicted molar refractivity (Wildman–Crippen MR) is 119 cm³/mol. The summed E-state index contributed by atoms with van der Waals surface area (Å²) < 4.78 is 5.75. The number of hydrogen-bond acceptors (Lipinski definition) is 4. The molecule has 0 heterocycles. The largest absolute Gasteiger partial charge is 0.465 e. The van der Waals surface area contributed by atoms with Crippen molar-refractivity contribution >= 4 is 34.2 Å². The lowest BCUT2D eigenvalue weighted by Crippen LogP contribution is -2.49. The van der Waals surface area contributed by atoms with Gasteiger partial charge in [-0.3, -0.25) is 0 Å². The number of nitrogens with one attached hydrogen (secondary N) is 2. The van der Waals surface area contributed by atoms with Gasteiger partial charge in [0.05, 0.1) is 18.2 Å². The highest BCUT2D eigenvalue weighted by Crippen LogP contribution is 2.07. The molecule has 0 fully saturated rings. The molecule has 0 saturated carbocycles. The number of benzene rings is 2. The zero-order chi connectivity index (χ0) is 22.3. The molecule has 2 aromatic rings. The van der Waals surface area contributed by atoms with Gasteiger partial charge in [-0.25, -0.2) is 9.59 Å². The van der Waals surface area contributed by atoms with Crippen LogP contribution in [0.5, 0.6) is 0 Å². The van der Waals surface area contributed by atoms with Gasteiger partial charge in [0.1, 0.15) is 6.29 Å². The summed E-state index contributed by atoms with van der Waals surface area (Å²) in [6.07, 6.45) is 0.657. The second-order valence-electron chi connectivity index (χ2n) is 6.13. The summed E-state index contributed by atoms with van der Waals surface area (Å²) in [6, 6.07) is 16.3. The molecular weight excluding hydrogens is 436 g/mol. The Morgan fingerprint density at radius 1 is 1.07 bits per heavy atom. The zero-order valence-electron chi connectivity index (χ0n) is 17.5. The molecule has 29 heavy (non-hydrogen) atoms. The highest BCUT2D eigenvalue weighted by Gasteiger charge is 2.18. The van der Waals surface area contributed by atoms with E-state index in [1.54, 1.807) is 38.1 Å². The summed E-state index contributed by atoms with van der Waals surface area (Å²) in [4.78, 5) is 33.7. The molecule has 0 radical (unpaired) electrons. The number of halogens is 1. The van der Waals surface area contributed by atoms with Crippen molar-refractivity contribution < 1.29 is 19.1 Å². The number of urea groups is 1. The topological polar surface area (TPSA) is 84.5 Å². The molecule has 158 valence electrons. The van der Waals surface area contributed by atoms with Crippen LogP contribution in [0.3, 0.4) is 0 Å². The van der Waals surface area contributed by atoms with E-state index < -0.39 is 17.5 Å². The lowest BCUT2D eigenvalue weighted by Gasteiger charge is -2.19. The fourth-order valence-electron chi connectivity index (χ4n) is 1.89. The Labute approximate surface area is 181 Å². The molecule has 0 aliphatic heterocycles. The summed E-state index contributed by atoms with van der Waals surface area (Å²) >= 11 is 3.31. The lowest BCUT2D eigenvalue weighted by molar-refractivity contribution is -0.112. The van der Waals surface area contributed by atoms with E-state index in [1.165, 1.54) is 7.11 Å². The zero-order valence-corrected chi connectivity index (χ0v) is 19.1. The lowest BCUT2D eigenvalue weighted by atomic mass is 10.1. The second kappa shape index (κ2) is 14.3. The molecule has 0 aliphatic carbocycles. The third kappa shape index (κ3) is 11.7. The van der Waals surface area contributed by atoms with Gasteiger partial charge in [-0.2, -0.15) is 0 Å². The number of esters is 1. The smallest absolute Gasteiger partial charge is 0.337 e. The van der Waals surface area contributed by atoms with Crippen LogP contribution in [0, 0.1) is 0 Å². The van der Waals surface area contributed by atoms with E-state index in [0.29, 0.717) is 11.8 Å². The number of carbonyl (C=O) groups excluding carboxylic acids is 3. The number of ether oxygens (including phenoxy) is 1. The van der Waals surface area contributed by atoms with Crippen LogP contribution in [0.1, 0.15) is 43.6 Å².